The molecule has 3 atom stereocenters. The van der Waals surface area contributed by atoms with Crippen molar-refractivity contribution >= 4 is 11.9 Å². The number of esters is 2. The second kappa shape index (κ2) is 18.3. The number of benzene rings is 2. The van der Waals surface area contributed by atoms with Crippen molar-refractivity contribution in [3.63, 3.8) is 0 Å². The van der Waals surface area contributed by atoms with Gasteiger partial charge in [-0.15, -0.1) is 0 Å². The fraction of sp³-hybridized carbons (Fsp3) is 0.636. The first kappa shape index (κ1) is 39.5. The maximum Gasteiger partial charge on any atom is 0.423 e. The van der Waals surface area contributed by atoms with Crippen LogP contribution in [0.4, 0.5) is 0 Å². The predicted octanol–water partition coefficient (Wildman–Crippen LogP) is 11.4. The van der Waals surface area contributed by atoms with Gasteiger partial charge in [0.25, 0.3) is 0 Å². The summed E-state index contributed by atoms with van der Waals surface area (Å²) in [5, 5.41) is 11.2. The zero-order chi connectivity index (χ0) is 36.4. The topological polar surface area (TPSA) is 82.1 Å². The summed E-state index contributed by atoms with van der Waals surface area (Å²) < 4.78 is 18.5. The van der Waals surface area contributed by atoms with Crippen LogP contribution in [0, 0.1) is 17.8 Å². The van der Waals surface area contributed by atoms with Gasteiger partial charge in [0.1, 0.15) is 28.6 Å². The molecule has 1 aliphatic heterocycles. The number of phenolic OH excluding ortho intramolecular Hbond substituents is 1. The highest BCUT2D eigenvalue weighted by atomic mass is 16.6. The van der Waals surface area contributed by atoms with Gasteiger partial charge in [-0.3, -0.25) is 0 Å². The quantitative estimate of drug-likeness (QED) is 0.0586. The van der Waals surface area contributed by atoms with Crippen LogP contribution in [0.25, 0.3) is 0 Å². The largest absolute Gasteiger partial charge is 0.508 e. The molecule has 1 aliphatic carbocycles. The third kappa shape index (κ3) is 10.6. The van der Waals surface area contributed by atoms with Crippen LogP contribution in [-0.4, -0.2) is 22.6 Å². The molecule has 276 valence electrons. The average Bonchev–Trinajstić information content (AvgIpc) is 3.03. The maximum atomic E-state index is 13.6. The Balaban J connectivity index is 1.61. The predicted molar refractivity (Wildman–Crippen MR) is 202 cm³/mol. The third-order valence-electron chi connectivity index (χ3n) is 10.8. The number of fused-ring (bicyclic) bond motifs is 3. The van der Waals surface area contributed by atoms with Crippen LogP contribution >= 0.6 is 0 Å². The van der Waals surface area contributed by atoms with Gasteiger partial charge >= 0.3 is 11.9 Å². The van der Waals surface area contributed by atoms with Gasteiger partial charge in [0.2, 0.25) is 0 Å². The number of rotatable bonds is 17. The monoisotopic (exact) mass is 688 g/mol. The van der Waals surface area contributed by atoms with E-state index in [0.717, 1.165) is 106 Å². The van der Waals surface area contributed by atoms with Crippen LogP contribution in [0.5, 0.6) is 23.0 Å². The summed E-state index contributed by atoms with van der Waals surface area (Å²) in [6.45, 7) is 17.5. The first-order chi connectivity index (χ1) is 23.8. The number of carbonyl (C=O) groups is 2. The number of unbranched alkanes of at least 4 members (excludes halogenated alkanes) is 4. The first-order valence-electron chi connectivity index (χ1n) is 19.6. The zero-order valence-corrected chi connectivity index (χ0v) is 32.3. The van der Waals surface area contributed by atoms with Gasteiger partial charge in [0, 0.05) is 23.0 Å². The number of ether oxygens (including phenoxy) is 3. The number of aromatic hydroxyl groups is 1. The molecule has 4 rings (SSSR count). The van der Waals surface area contributed by atoms with E-state index in [0.29, 0.717) is 29.6 Å². The zero-order valence-electron chi connectivity index (χ0n) is 32.3. The number of allylic oxidation sites excluding steroid dienone is 2. The standard InChI is InChI=1S/C44H64O6/c1-9-11-13-18-32-25-37(45)34(22-20-30(5)17-15-16-29(3)4)38(26-32)48-42(46)43(47)49-39-27-33(19-14-12-10-2)28-40-41(39)35-24-31(6)21-23-36(35)44(7,8)50-40/h24-30,35-36,45H,9-23H2,1-8H3/t30-,35-,36-/m1/s1. The van der Waals surface area contributed by atoms with E-state index >= 15 is 0 Å². The van der Waals surface area contributed by atoms with Gasteiger partial charge in [-0.05, 0) is 119 Å². The molecule has 1 N–H and O–H groups in total. The Labute approximate surface area is 302 Å². The molecule has 0 spiro atoms. The van der Waals surface area contributed by atoms with Crippen molar-refractivity contribution < 1.29 is 28.9 Å². The molecule has 0 saturated carbocycles. The number of hydrogen-bond acceptors (Lipinski definition) is 6. The van der Waals surface area contributed by atoms with Crippen LogP contribution in [-0.2, 0) is 28.9 Å². The molecule has 50 heavy (non-hydrogen) atoms. The molecule has 0 saturated heterocycles. The molecule has 0 amide bonds. The molecule has 1 heterocycles. The molecule has 0 radical (unpaired) electrons. The Kier molecular flexibility index (Phi) is 14.4. The van der Waals surface area contributed by atoms with E-state index in [2.05, 4.69) is 67.5 Å². The lowest BCUT2D eigenvalue weighted by Crippen LogP contribution is -2.45. The normalized spacial score (nSPS) is 18.5. The lowest BCUT2D eigenvalue weighted by atomic mass is 9.68. The summed E-state index contributed by atoms with van der Waals surface area (Å²) in [4.78, 5) is 27.2. The van der Waals surface area contributed by atoms with E-state index in [1.54, 1.807) is 6.07 Å². The highest BCUT2D eigenvalue weighted by Gasteiger charge is 2.46. The van der Waals surface area contributed by atoms with Gasteiger partial charge in [-0.25, -0.2) is 9.59 Å². The van der Waals surface area contributed by atoms with Crippen molar-refractivity contribution in [2.24, 2.45) is 17.8 Å². The lowest BCUT2D eigenvalue weighted by Gasteiger charge is -2.46. The van der Waals surface area contributed by atoms with Gasteiger partial charge in [-0.2, -0.15) is 0 Å². The molecule has 0 fully saturated rings. The maximum absolute atomic E-state index is 13.6. The highest BCUT2D eigenvalue weighted by molar-refractivity contribution is 6.31. The smallest absolute Gasteiger partial charge is 0.423 e. The first-order valence-corrected chi connectivity index (χ1v) is 19.6. The molecule has 0 bridgehead atoms. The van der Waals surface area contributed by atoms with Crippen molar-refractivity contribution in [2.75, 3.05) is 0 Å². The van der Waals surface area contributed by atoms with Crippen molar-refractivity contribution in [3.8, 4) is 23.0 Å². The molecular weight excluding hydrogens is 624 g/mol. The van der Waals surface area contributed by atoms with E-state index in [4.69, 9.17) is 14.2 Å². The van der Waals surface area contributed by atoms with Crippen molar-refractivity contribution in [2.45, 2.75) is 163 Å². The Morgan fingerprint density at radius 2 is 1.46 bits per heavy atom. The van der Waals surface area contributed by atoms with Crippen LogP contribution in [0.15, 0.2) is 35.9 Å². The highest BCUT2D eigenvalue weighted by Crippen LogP contribution is 2.54. The van der Waals surface area contributed by atoms with Gasteiger partial charge in [0.05, 0.1) is 0 Å². The van der Waals surface area contributed by atoms with Crippen molar-refractivity contribution in [1.82, 2.24) is 0 Å². The summed E-state index contributed by atoms with van der Waals surface area (Å²) >= 11 is 0. The second-order valence-corrected chi connectivity index (χ2v) is 16.1. The average molecular weight is 689 g/mol. The molecule has 2 aromatic rings. The molecule has 0 aromatic heterocycles. The molecular formula is C44H64O6. The minimum Gasteiger partial charge on any atom is -0.508 e. The minimum absolute atomic E-state index is 0.0110. The van der Waals surface area contributed by atoms with E-state index in [9.17, 15) is 14.7 Å². The van der Waals surface area contributed by atoms with Crippen LogP contribution in [0.2, 0.25) is 0 Å². The summed E-state index contributed by atoms with van der Waals surface area (Å²) in [5.41, 5.74) is 4.23. The summed E-state index contributed by atoms with van der Waals surface area (Å²) in [5.74, 6) is 0.657. The van der Waals surface area contributed by atoms with E-state index < -0.39 is 11.9 Å². The van der Waals surface area contributed by atoms with Crippen LogP contribution in [0.1, 0.15) is 161 Å². The van der Waals surface area contributed by atoms with E-state index in [1.165, 1.54) is 12.0 Å². The number of hydrogen-bond donors (Lipinski definition) is 1. The van der Waals surface area contributed by atoms with Crippen molar-refractivity contribution in [3.05, 3.63) is 58.2 Å². The molecule has 6 heteroatoms. The fourth-order valence-electron chi connectivity index (χ4n) is 7.81. The van der Waals surface area contributed by atoms with Gasteiger partial charge in [0.15, 0.2) is 0 Å². The van der Waals surface area contributed by atoms with Gasteiger partial charge < -0.3 is 19.3 Å². The molecule has 2 aromatic carbocycles. The van der Waals surface area contributed by atoms with Crippen LogP contribution < -0.4 is 14.2 Å². The lowest BCUT2D eigenvalue weighted by molar-refractivity contribution is -0.156. The Hall–Kier alpha value is -3.28. The summed E-state index contributed by atoms with van der Waals surface area (Å²) in [6, 6.07) is 7.63. The summed E-state index contributed by atoms with van der Waals surface area (Å²) in [6.07, 6.45) is 17.0. The Morgan fingerprint density at radius 1 is 0.840 bits per heavy atom. The molecule has 6 nitrogen and oxygen atoms in total. The Morgan fingerprint density at radius 3 is 2.10 bits per heavy atom. The Bertz CT molecular complexity index is 1480. The fourth-order valence-corrected chi connectivity index (χ4v) is 7.81. The summed E-state index contributed by atoms with van der Waals surface area (Å²) in [7, 11) is 0. The van der Waals surface area contributed by atoms with E-state index in [-0.39, 0.29) is 28.9 Å². The number of phenols is 1. The third-order valence-corrected chi connectivity index (χ3v) is 10.8. The van der Waals surface area contributed by atoms with Crippen LogP contribution in [0.3, 0.4) is 0 Å². The number of carbonyl (C=O) groups excluding carboxylic acids is 2. The van der Waals surface area contributed by atoms with Gasteiger partial charge in [-0.1, -0.05) is 91.2 Å². The molecule has 2 aliphatic rings. The van der Waals surface area contributed by atoms with E-state index in [1.807, 2.05) is 12.1 Å². The molecule has 0 unspecified atom stereocenters. The van der Waals surface area contributed by atoms with Crippen molar-refractivity contribution in [1.29, 1.82) is 0 Å². The SMILES string of the molecule is CCCCCc1cc(O)c(CC[C@H](C)CCCC(C)C)c(OC(=O)C(=O)Oc2cc(CCCCC)cc3c2[C@@H]2C=C(C)CC[C@H]2C(C)(C)O3)c1. The number of aryl methyl sites for hydroxylation is 2. The second-order valence-electron chi connectivity index (χ2n) is 16.1. The minimum atomic E-state index is -1.09.